The Hall–Kier alpha value is -1.33. The molecule has 6 N–H and O–H groups in total. The monoisotopic (exact) mass is 394 g/mol. The minimum atomic E-state index is -1.37. The molecule has 1 aliphatic rings. The van der Waals surface area contributed by atoms with Gasteiger partial charge in [-0.15, -0.1) is 0 Å². The van der Waals surface area contributed by atoms with Gasteiger partial charge in [-0.3, -0.25) is 0 Å². The van der Waals surface area contributed by atoms with Crippen LogP contribution in [0, 0.1) is 0 Å². The van der Waals surface area contributed by atoms with Crippen molar-refractivity contribution in [2.75, 3.05) is 6.61 Å². The second kappa shape index (κ2) is 7.05. The molecule has 1 fully saturated rings. The summed E-state index contributed by atoms with van der Waals surface area (Å²) in [6.07, 6.45) is -4.03. The number of carboxylic acid groups (broad SMARTS) is 1. The molecule has 1 aromatic heterocycles. The van der Waals surface area contributed by atoms with Crippen molar-refractivity contribution >= 4 is 26.7 Å². The van der Waals surface area contributed by atoms with Crippen LogP contribution in [0.1, 0.15) is 24.3 Å². The van der Waals surface area contributed by atoms with E-state index in [0.717, 1.165) is 0 Å². The van der Waals surface area contributed by atoms with E-state index < -0.39 is 55.1 Å². The predicted octanol–water partition coefficient (Wildman–Crippen LogP) is -3.88. The van der Waals surface area contributed by atoms with Crippen LogP contribution in [-0.4, -0.2) is 76.9 Å². The average molecular weight is 393 g/mol. The topological polar surface area (TPSA) is 168 Å². The number of aliphatic carboxylic acids is 1. The predicted molar refractivity (Wildman–Crippen MR) is 76.1 cm³/mol. The van der Waals surface area contributed by atoms with E-state index in [-0.39, 0.29) is 10.3 Å². The van der Waals surface area contributed by atoms with Gasteiger partial charge >= 0.3 is 138 Å². The Bertz CT molecular complexity index is 652. The first-order chi connectivity index (χ1) is 10.8. The van der Waals surface area contributed by atoms with Crippen LogP contribution in [-0.2, 0) is 9.53 Å². The zero-order chi connectivity index (χ0) is 17.3. The van der Waals surface area contributed by atoms with Crippen molar-refractivity contribution in [3.63, 3.8) is 0 Å². The third-order valence-electron chi connectivity index (χ3n) is 3.53. The van der Waals surface area contributed by atoms with Gasteiger partial charge in [0.05, 0.1) is 0 Å². The number of ether oxygens (including phenoxy) is 1. The zero-order valence-electron chi connectivity index (χ0n) is 11.8. The molecule has 0 amide bonds. The molecular formula is C12H16N3O7Se. The van der Waals surface area contributed by atoms with Crippen molar-refractivity contribution in [1.29, 1.82) is 0 Å². The Morgan fingerprint density at radius 1 is 1.48 bits per heavy atom. The third kappa shape index (κ3) is 3.61. The summed E-state index contributed by atoms with van der Waals surface area (Å²) < 4.78 is 6.66. The zero-order valence-corrected chi connectivity index (χ0v) is 13.5. The Labute approximate surface area is 138 Å². The third-order valence-corrected chi connectivity index (χ3v) is 4.16. The molecule has 2 rings (SSSR count). The first-order valence-electron chi connectivity index (χ1n) is 6.66. The summed E-state index contributed by atoms with van der Waals surface area (Å²) >= 11 is 2.52. The number of hydrogen-bond donors (Lipinski definition) is 5. The molecule has 0 spiro atoms. The Balaban J connectivity index is 2.40. The van der Waals surface area contributed by atoms with Crippen LogP contribution in [0.4, 0.5) is 0 Å². The summed E-state index contributed by atoms with van der Waals surface area (Å²) in [5.41, 5.74) is 4.93. The molecule has 0 bridgehead atoms. The number of rotatable bonds is 5. The molecule has 1 radical (unpaired) electrons. The molecule has 0 saturated carbocycles. The number of carboxylic acids is 1. The molecule has 1 aromatic rings. The molecule has 11 heteroatoms. The van der Waals surface area contributed by atoms with Crippen LogP contribution in [0.25, 0.3) is 0 Å². The minimum absolute atomic E-state index is 0.0656. The summed E-state index contributed by atoms with van der Waals surface area (Å²) in [5, 5.41) is 37.7. The summed E-state index contributed by atoms with van der Waals surface area (Å²) in [7, 11) is 0. The van der Waals surface area contributed by atoms with Crippen LogP contribution < -0.4 is 16.0 Å². The van der Waals surface area contributed by atoms with Gasteiger partial charge < -0.3 is 0 Å². The standard InChI is InChI=1S/C12H16N3O7Se/c13-5(1-7(17)18)4-2-15(12(23)14-10(4)21)11-9(20)8(19)6(3-16)22-11/h2,5-6,8-9,11,16,19-20H,1,3,13H2,(H,17,18)/t5?,6-,8-,9-,11-/m1/s1. The summed E-state index contributed by atoms with van der Waals surface area (Å²) in [4.78, 5) is 26.3. The van der Waals surface area contributed by atoms with Gasteiger partial charge in [0.15, 0.2) is 0 Å². The van der Waals surface area contributed by atoms with Crippen LogP contribution in [0.5, 0.6) is 0 Å². The van der Waals surface area contributed by atoms with E-state index in [1.54, 1.807) is 0 Å². The number of hydrogen-bond acceptors (Lipinski definition) is 8. The van der Waals surface area contributed by atoms with Crippen molar-refractivity contribution in [2.24, 2.45) is 5.73 Å². The van der Waals surface area contributed by atoms with Gasteiger partial charge in [-0.2, -0.15) is 0 Å². The van der Waals surface area contributed by atoms with Crippen molar-refractivity contribution in [3.05, 3.63) is 22.1 Å². The fourth-order valence-electron chi connectivity index (χ4n) is 2.31. The van der Waals surface area contributed by atoms with Crippen molar-refractivity contribution in [1.82, 2.24) is 9.55 Å². The van der Waals surface area contributed by atoms with Gasteiger partial charge in [-0.25, -0.2) is 0 Å². The van der Waals surface area contributed by atoms with Crippen LogP contribution in [0.2, 0.25) is 0 Å². The maximum absolute atomic E-state index is 11.9. The number of nitrogens with zero attached hydrogens (tertiary/aromatic N) is 2. The molecule has 0 aliphatic carbocycles. The molecule has 5 atom stereocenters. The molecule has 1 unspecified atom stereocenters. The van der Waals surface area contributed by atoms with Crippen LogP contribution in [0.15, 0.2) is 11.0 Å². The van der Waals surface area contributed by atoms with Crippen molar-refractivity contribution < 1.29 is 30.0 Å². The Morgan fingerprint density at radius 3 is 2.65 bits per heavy atom. The number of aliphatic hydroxyl groups is 3. The second-order valence-electron chi connectivity index (χ2n) is 5.12. The molecule has 23 heavy (non-hydrogen) atoms. The normalized spacial score (nSPS) is 28.7. The van der Waals surface area contributed by atoms with E-state index >= 15 is 0 Å². The van der Waals surface area contributed by atoms with Crippen LogP contribution >= 0.6 is 0 Å². The Kier molecular flexibility index (Phi) is 5.53. The van der Waals surface area contributed by atoms with E-state index in [1.807, 2.05) is 0 Å². The molecule has 0 aromatic carbocycles. The summed E-state index contributed by atoms with van der Waals surface area (Å²) in [6, 6.07) is -1.09. The van der Waals surface area contributed by atoms with Gasteiger partial charge in [-0.1, -0.05) is 0 Å². The van der Waals surface area contributed by atoms with Gasteiger partial charge in [0, 0.05) is 0 Å². The first-order valence-corrected chi connectivity index (χ1v) is 7.51. The Morgan fingerprint density at radius 2 is 2.13 bits per heavy atom. The maximum atomic E-state index is 11.9. The number of carbonyl (C=O) groups is 1. The van der Waals surface area contributed by atoms with E-state index in [0.29, 0.717) is 0 Å². The van der Waals surface area contributed by atoms with Crippen molar-refractivity contribution in [2.45, 2.75) is 37.0 Å². The first kappa shape index (κ1) is 18.0. The fourth-order valence-corrected chi connectivity index (χ4v) is 2.82. The molecule has 1 aliphatic heterocycles. The van der Waals surface area contributed by atoms with Gasteiger partial charge in [0.2, 0.25) is 0 Å². The molecule has 127 valence electrons. The summed E-state index contributed by atoms with van der Waals surface area (Å²) in [5.74, 6) is -1.18. The number of aromatic nitrogens is 2. The number of nitrogens with two attached hydrogens (primary N) is 1. The van der Waals surface area contributed by atoms with E-state index in [9.17, 15) is 19.8 Å². The number of aliphatic hydroxyl groups excluding tert-OH is 3. The van der Waals surface area contributed by atoms with Gasteiger partial charge in [0.25, 0.3) is 0 Å². The van der Waals surface area contributed by atoms with E-state index in [2.05, 4.69) is 21.0 Å². The SMILES string of the molecule is NC(CC(=O)O)c1cn([C@@H]2O[C@H](CO)[C@@H](O)[C@H]2O)c([Se])nc1=O. The molecule has 2 heterocycles. The van der Waals surface area contributed by atoms with Gasteiger partial charge in [0.1, 0.15) is 0 Å². The summed E-state index contributed by atoms with van der Waals surface area (Å²) in [6.45, 7) is -0.503. The average Bonchev–Trinajstić information content (AvgIpc) is 2.74. The van der Waals surface area contributed by atoms with E-state index in [1.165, 1.54) is 10.8 Å². The van der Waals surface area contributed by atoms with Crippen LogP contribution in [0.3, 0.4) is 0 Å². The molecule has 10 nitrogen and oxygen atoms in total. The van der Waals surface area contributed by atoms with Crippen molar-refractivity contribution in [3.8, 4) is 0 Å². The fraction of sp³-hybridized carbons (Fsp3) is 0.583. The molecular weight excluding hydrogens is 377 g/mol. The quantitative estimate of drug-likeness (QED) is 0.314. The van der Waals surface area contributed by atoms with Gasteiger partial charge in [-0.05, 0) is 0 Å². The van der Waals surface area contributed by atoms with E-state index in [4.69, 9.17) is 20.7 Å². The second-order valence-corrected chi connectivity index (χ2v) is 5.89. The molecule has 1 saturated heterocycles.